The number of nitrogens with two attached hydrogens (primary N) is 1. The van der Waals surface area contributed by atoms with Crippen molar-refractivity contribution in [2.75, 3.05) is 0 Å². The van der Waals surface area contributed by atoms with E-state index in [0.29, 0.717) is 0 Å². The summed E-state index contributed by atoms with van der Waals surface area (Å²) >= 11 is 3.04. The van der Waals surface area contributed by atoms with Crippen molar-refractivity contribution in [2.45, 2.75) is 36.5 Å². The lowest BCUT2D eigenvalue weighted by Gasteiger charge is -2.10. The summed E-state index contributed by atoms with van der Waals surface area (Å²) in [5.41, 5.74) is 6.29. The van der Waals surface area contributed by atoms with Crippen LogP contribution in [-0.4, -0.2) is 27.2 Å². The summed E-state index contributed by atoms with van der Waals surface area (Å²) in [5.74, 6) is -0.411. The van der Waals surface area contributed by atoms with Gasteiger partial charge in [0.05, 0.1) is 5.25 Å². The Labute approximate surface area is 129 Å². The second kappa shape index (κ2) is 5.61. The number of carbonyl (C=O) groups is 2. The molecule has 6 nitrogen and oxygen atoms in total. The first-order chi connectivity index (χ1) is 10.1. The van der Waals surface area contributed by atoms with Crippen LogP contribution in [0.25, 0.3) is 10.2 Å². The Hall–Kier alpha value is -1.67. The molecule has 1 aliphatic carbocycles. The fraction of sp³-hybridized carbons (Fsp3) is 0.385. The van der Waals surface area contributed by atoms with Gasteiger partial charge in [-0.3, -0.25) is 10.1 Å². The van der Waals surface area contributed by atoms with Gasteiger partial charge in [0.2, 0.25) is 5.91 Å². The SMILES string of the molecule is CC(Sc1ncnc2sc3c(c12)CCC3)C(=O)NC(N)=O. The number of imide groups is 1. The van der Waals surface area contributed by atoms with Gasteiger partial charge in [-0.2, -0.15) is 0 Å². The van der Waals surface area contributed by atoms with Crippen LogP contribution in [0.4, 0.5) is 4.79 Å². The van der Waals surface area contributed by atoms with E-state index in [1.165, 1.54) is 28.5 Å². The van der Waals surface area contributed by atoms with Crippen LogP contribution < -0.4 is 11.1 Å². The van der Waals surface area contributed by atoms with Gasteiger partial charge in [0.15, 0.2) is 0 Å². The highest BCUT2D eigenvalue weighted by Crippen LogP contribution is 2.40. The van der Waals surface area contributed by atoms with Crippen LogP contribution in [-0.2, 0) is 17.6 Å². The van der Waals surface area contributed by atoms with E-state index >= 15 is 0 Å². The molecule has 3 N–H and O–H groups in total. The number of hydrogen-bond donors (Lipinski definition) is 2. The van der Waals surface area contributed by atoms with Crippen molar-refractivity contribution in [3.8, 4) is 0 Å². The third-order valence-corrected chi connectivity index (χ3v) is 5.67. The van der Waals surface area contributed by atoms with Crippen LogP contribution in [0, 0.1) is 0 Å². The third kappa shape index (κ3) is 2.73. The van der Waals surface area contributed by atoms with Gasteiger partial charge in [0.25, 0.3) is 0 Å². The predicted molar refractivity (Wildman–Crippen MR) is 82.5 cm³/mol. The number of nitrogens with one attached hydrogen (secondary N) is 1. The number of fused-ring (bicyclic) bond motifs is 3. The van der Waals surface area contributed by atoms with Crippen LogP contribution >= 0.6 is 23.1 Å². The molecule has 2 aromatic rings. The number of nitrogens with zero attached hydrogens (tertiary/aromatic N) is 2. The molecule has 21 heavy (non-hydrogen) atoms. The normalized spacial score (nSPS) is 14.9. The molecule has 1 unspecified atom stereocenters. The van der Waals surface area contributed by atoms with Gasteiger partial charge < -0.3 is 5.73 Å². The Kier molecular flexibility index (Phi) is 3.81. The molecule has 1 atom stereocenters. The summed E-state index contributed by atoms with van der Waals surface area (Å²) < 4.78 is 0. The molecular weight excluding hydrogens is 308 g/mol. The fourth-order valence-electron chi connectivity index (χ4n) is 2.43. The van der Waals surface area contributed by atoms with E-state index in [4.69, 9.17) is 5.73 Å². The molecule has 0 spiro atoms. The van der Waals surface area contributed by atoms with E-state index in [-0.39, 0.29) is 0 Å². The van der Waals surface area contributed by atoms with Crippen molar-refractivity contribution < 1.29 is 9.59 Å². The quantitative estimate of drug-likeness (QED) is 0.664. The zero-order valence-electron chi connectivity index (χ0n) is 11.4. The van der Waals surface area contributed by atoms with Gasteiger partial charge in [-0.25, -0.2) is 14.8 Å². The molecule has 0 saturated carbocycles. The van der Waals surface area contributed by atoms with Crippen molar-refractivity contribution in [1.29, 1.82) is 0 Å². The molecule has 1 aliphatic rings. The monoisotopic (exact) mass is 322 g/mol. The number of aryl methyl sites for hydroxylation is 2. The Morgan fingerprint density at radius 2 is 2.24 bits per heavy atom. The number of urea groups is 1. The summed E-state index contributed by atoms with van der Waals surface area (Å²) in [6.45, 7) is 1.73. The topological polar surface area (TPSA) is 98.0 Å². The number of amides is 3. The summed E-state index contributed by atoms with van der Waals surface area (Å²) in [6.07, 6.45) is 4.82. The van der Waals surface area contributed by atoms with E-state index in [2.05, 4.69) is 15.3 Å². The predicted octanol–water partition coefficient (Wildman–Crippen LogP) is 1.86. The average molecular weight is 322 g/mol. The molecule has 8 heteroatoms. The highest BCUT2D eigenvalue weighted by Gasteiger charge is 2.24. The third-order valence-electron chi connectivity index (χ3n) is 3.37. The van der Waals surface area contributed by atoms with Crippen LogP contribution in [0.5, 0.6) is 0 Å². The first kappa shape index (κ1) is 14.3. The molecule has 0 saturated heterocycles. The van der Waals surface area contributed by atoms with Crippen LogP contribution in [0.3, 0.4) is 0 Å². The number of rotatable bonds is 3. The summed E-state index contributed by atoms with van der Waals surface area (Å²) in [7, 11) is 0. The highest BCUT2D eigenvalue weighted by atomic mass is 32.2. The Balaban J connectivity index is 1.90. The fourth-order valence-corrected chi connectivity index (χ4v) is 4.67. The number of thiophene rings is 1. The number of primary amides is 1. The number of hydrogen-bond acceptors (Lipinski definition) is 6. The van der Waals surface area contributed by atoms with E-state index in [9.17, 15) is 9.59 Å². The number of aromatic nitrogens is 2. The molecule has 0 radical (unpaired) electrons. The number of thioether (sulfide) groups is 1. The minimum atomic E-state index is -0.836. The Morgan fingerprint density at radius 1 is 1.43 bits per heavy atom. The molecule has 2 aromatic heterocycles. The van der Waals surface area contributed by atoms with Gasteiger partial charge in [0.1, 0.15) is 16.2 Å². The molecule has 0 bridgehead atoms. The van der Waals surface area contributed by atoms with Crippen LogP contribution in [0.15, 0.2) is 11.4 Å². The summed E-state index contributed by atoms with van der Waals surface area (Å²) in [4.78, 5) is 33.5. The van der Waals surface area contributed by atoms with Crippen molar-refractivity contribution in [3.63, 3.8) is 0 Å². The molecular formula is C13H14N4O2S2. The maximum Gasteiger partial charge on any atom is 0.318 e. The number of carbonyl (C=O) groups excluding carboxylic acids is 2. The minimum Gasteiger partial charge on any atom is -0.351 e. The smallest absolute Gasteiger partial charge is 0.318 e. The molecule has 0 aromatic carbocycles. The van der Waals surface area contributed by atoms with Gasteiger partial charge in [-0.15, -0.1) is 11.3 Å². The van der Waals surface area contributed by atoms with Crippen LogP contribution in [0.2, 0.25) is 0 Å². The zero-order chi connectivity index (χ0) is 15.0. The lowest BCUT2D eigenvalue weighted by Crippen LogP contribution is -2.39. The van der Waals surface area contributed by atoms with E-state index in [0.717, 1.165) is 34.5 Å². The van der Waals surface area contributed by atoms with E-state index < -0.39 is 17.2 Å². The summed E-state index contributed by atoms with van der Waals surface area (Å²) in [6, 6.07) is -0.836. The average Bonchev–Trinajstić information content (AvgIpc) is 2.98. The second-order valence-corrected chi connectivity index (χ2v) is 7.24. The molecule has 110 valence electrons. The van der Waals surface area contributed by atoms with E-state index in [1.807, 2.05) is 0 Å². The highest BCUT2D eigenvalue weighted by molar-refractivity contribution is 8.00. The molecule has 3 amide bonds. The van der Waals surface area contributed by atoms with Gasteiger partial charge >= 0.3 is 6.03 Å². The van der Waals surface area contributed by atoms with Crippen molar-refractivity contribution in [2.24, 2.45) is 5.73 Å². The summed E-state index contributed by atoms with van der Waals surface area (Å²) in [5, 5.41) is 3.51. The maximum absolute atomic E-state index is 11.8. The maximum atomic E-state index is 11.8. The minimum absolute atomic E-state index is 0.411. The standard InChI is InChI=1S/C13H14N4O2S2/c1-6(10(18)17-13(14)19)20-11-9-7-3-2-4-8(7)21-12(9)16-5-15-11/h5-6H,2-4H2,1H3,(H3,14,17,18,19). The molecule has 3 rings (SSSR count). The lowest BCUT2D eigenvalue weighted by molar-refractivity contribution is -0.119. The first-order valence-corrected chi connectivity index (χ1v) is 8.28. The van der Waals surface area contributed by atoms with Crippen molar-refractivity contribution >= 4 is 45.3 Å². The van der Waals surface area contributed by atoms with Crippen molar-refractivity contribution in [1.82, 2.24) is 15.3 Å². The molecule has 0 fully saturated rings. The first-order valence-electron chi connectivity index (χ1n) is 6.58. The van der Waals surface area contributed by atoms with Crippen LogP contribution in [0.1, 0.15) is 23.8 Å². The van der Waals surface area contributed by atoms with Gasteiger partial charge in [-0.05, 0) is 31.7 Å². The van der Waals surface area contributed by atoms with Gasteiger partial charge in [0, 0.05) is 10.3 Å². The second-order valence-electron chi connectivity index (χ2n) is 4.83. The Morgan fingerprint density at radius 3 is 3.00 bits per heavy atom. The van der Waals surface area contributed by atoms with Gasteiger partial charge in [-0.1, -0.05) is 11.8 Å². The van der Waals surface area contributed by atoms with E-state index in [1.54, 1.807) is 18.3 Å². The zero-order valence-corrected chi connectivity index (χ0v) is 13.0. The van der Waals surface area contributed by atoms with Crippen molar-refractivity contribution in [3.05, 3.63) is 16.8 Å². The molecule has 0 aliphatic heterocycles. The Bertz CT molecular complexity index is 728. The molecule has 2 heterocycles. The largest absolute Gasteiger partial charge is 0.351 e. The lowest BCUT2D eigenvalue weighted by atomic mass is 10.2.